The molecule has 4 aromatic carbocycles. The molecule has 0 spiro atoms. The van der Waals surface area contributed by atoms with Crippen molar-refractivity contribution in [1.29, 1.82) is 0 Å². The van der Waals surface area contributed by atoms with Crippen LogP contribution in [0.15, 0.2) is 125 Å². The van der Waals surface area contributed by atoms with Gasteiger partial charge in [-0.3, -0.25) is 19.2 Å². The van der Waals surface area contributed by atoms with E-state index in [0.29, 0.717) is 16.9 Å². The first-order valence-corrected chi connectivity index (χ1v) is 15.1. The molecule has 0 saturated heterocycles. The molecule has 3 N–H and O–H groups in total. The second-order valence-electron chi connectivity index (χ2n) is 10.2. The predicted molar refractivity (Wildman–Crippen MR) is 178 cm³/mol. The molecular formula is C35H31N5O4S. The van der Waals surface area contributed by atoms with Gasteiger partial charge in [-0.2, -0.15) is 10.1 Å². The molecule has 45 heavy (non-hydrogen) atoms. The SMILES string of the molecule is Cc1ccccc1/C=C(\NC(=O)c1ccccc1)C(=O)Nc1cccc(SC(C)C(=O)NC2=NN(c3ccccc3)C(=O)C2)c1. The highest BCUT2D eigenvalue weighted by atomic mass is 32.2. The molecule has 4 amide bonds. The van der Waals surface area contributed by atoms with Gasteiger partial charge in [0.15, 0.2) is 0 Å². The van der Waals surface area contributed by atoms with Crippen LogP contribution in [-0.4, -0.2) is 34.7 Å². The van der Waals surface area contributed by atoms with Crippen LogP contribution in [-0.2, 0) is 14.4 Å². The van der Waals surface area contributed by atoms with E-state index in [1.165, 1.54) is 16.8 Å². The molecule has 1 unspecified atom stereocenters. The summed E-state index contributed by atoms with van der Waals surface area (Å²) in [5, 5.41) is 13.4. The smallest absolute Gasteiger partial charge is 0.272 e. The first-order valence-electron chi connectivity index (χ1n) is 14.2. The van der Waals surface area contributed by atoms with Crippen molar-refractivity contribution in [3.05, 3.63) is 132 Å². The fraction of sp³-hybridized carbons (Fsp3) is 0.114. The van der Waals surface area contributed by atoms with Gasteiger partial charge >= 0.3 is 0 Å². The summed E-state index contributed by atoms with van der Waals surface area (Å²) in [6.07, 6.45) is 1.64. The Kier molecular flexibility index (Phi) is 9.86. The molecule has 4 aromatic rings. The Morgan fingerprint density at radius 1 is 0.867 bits per heavy atom. The first-order chi connectivity index (χ1) is 21.8. The van der Waals surface area contributed by atoms with Gasteiger partial charge in [0.25, 0.3) is 17.7 Å². The Labute approximate surface area is 265 Å². The summed E-state index contributed by atoms with van der Waals surface area (Å²) >= 11 is 1.29. The largest absolute Gasteiger partial charge is 0.321 e. The number of carbonyl (C=O) groups excluding carboxylic acids is 4. The average molecular weight is 618 g/mol. The molecule has 10 heteroatoms. The normalized spacial score (nSPS) is 13.6. The van der Waals surface area contributed by atoms with Crippen molar-refractivity contribution in [2.45, 2.75) is 30.4 Å². The Hall–Kier alpha value is -5.48. The first kappa shape index (κ1) is 31.0. The second kappa shape index (κ2) is 14.3. The zero-order valence-electron chi connectivity index (χ0n) is 24.7. The minimum Gasteiger partial charge on any atom is -0.321 e. The van der Waals surface area contributed by atoms with E-state index in [9.17, 15) is 19.2 Å². The van der Waals surface area contributed by atoms with Crippen LogP contribution in [0, 0.1) is 6.92 Å². The third kappa shape index (κ3) is 8.12. The topological polar surface area (TPSA) is 120 Å². The van der Waals surface area contributed by atoms with Crippen LogP contribution in [0.2, 0.25) is 0 Å². The van der Waals surface area contributed by atoms with Crippen LogP contribution in [0.4, 0.5) is 11.4 Å². The number of amides is 4. The van der Waals surface area contributed by atoms with Crippen molar-refractivity contribution >= 4 is 58.7 Å². The number of thioether (sulfide) groups is 1. The van der Waals surface area contributed by atoms with Crippen molar-refractivity contribution in [2.75, 3.05) is 10.3 Å². The van der Waals surface area contributed by atoms with E-state index in [1.54, 1.807) is 67.6 Å². The maximum absolute atomic E-state index is 13.5. The maximum Gasteiger partial charge on any atom is 0.272 e. The number of aryl methyl sites for hydroxylation is 1. The van der Waals surface area contributed by atoms with E-state index in [1.807, 2.05) is 61.5 Å². The van der Waals surface area contributed by atoms with Gasteiger partial charge in [0.1, 0.15) is 11.5 Å². The Bertz CT molecular complexity index is 1790. The van der Waals surface area contributed by atoms with Crippen molar-refractivity contribution < 1.29 is 19.2 Å². The second-order valence-corrected chi connectivity index (χ2v) is 11.6. The van der Waals surface area contributed by atoms with Gasteiger partial charge in [-0.05, 0) is 73.5 Å². The maximum atomic E-state index is 13.5. The van der Waals surface area contributed by atoms with E-state index in [0.717, 1.165) is 16.0 Å². The molecule has 1 aliphatic rings. The molecule has 9 nitrogen and oxygen atoms in total. The van der Waals surface area contributed by atoms with Crippen molar-refractivity contribution in [1.82, 2.24) is 10.6 Å². The molecule has 226 valence electrons. The minimum absolute atomic E-state index is 0.00128. The van der Waals surface area contributed by atoms with Crippen LogP contribution in [0.5, 0.6) is 0 Å². The molecule has 1 heterocycles. The number of hydrogen-bond acceptors (Lipinski definition) is 6. The van der Waals surface area contributed by atoms with E-state index in [-0.39, 0.29) is 29.8 Å². The van der Waals surface area contributed by atoms with Crippen molar-refractivity contribution in [2.24, 2.45) is 5.10 Å². The number of rotatable bonds is 9. The molecule has 5 rings (SSSR count). The summed E-state index contributed by atoms with van der Waals surface area (Å²) < 4.78 is 0. The molecule has 0 fully saturated rings. The fourth-order valence-electron chi connectivity index (χ4n) is 4.46. The Morgan fingerprint density at radius 3 is 2.29 bits per heavy atom. The van der Waals surface area contributed by atoms with Gasteiger partial charge in [0.2, 0.25) is 5.91 Å². The van der Waals surface area contributed by atoms with Crippen LogP contribution in [0.3, 0.4) is 0 Å². The van der Waals surface area contributed by atoms with Crippen molar-refractivity contribution in [3.63, 3.8) is 0 Å². The molecule has 0 radical (unpaired) electrons. The highest BCUT2D eigenvalue weighted by Gasteiger charge is 2.27. The van der Waals surface area contributed by atoms with Crippen LogP contribution >= 0.6 is 11.8 Å². The van der Waals surface area contributed by atoms with Gasteiger partial charge in [-0.15, -0.1) is 11.8 Å². The molecule has 0 saturated carbocycles. The number of para-hydroxylation sites is 1. The lowest BCUT2D eigenvalue weighted by molar-refractivity contribution is -0.119. The summed E-state index contributed by atoms with van der Waals surface area (Å²) in [5.74, 6) is -1.15. The van der Waals surface area contributed by atoms with Gasteiger partial charge < -0.3 is 16.0 Å². The highest BCUT2D eigenvalue weighted by Crippen LogP contribution is 2.27. The fourth-order valence-corrected chi connectivity index (χ4v) is 5.39. The number of hydrogen-bond donors (Lipinski definition) is 3. The third-order valence-corrected chi connectivity index (χ3v) is 7.93. The number of hydrazone groups is 1. The van der Waals surface area contributed by atoms with Crippen LogP contribution in [0.25, 0.3) is 6.08 Å². The van der Waals surface area contributed by atoms with Crippen LogP contribution in [0.1, 0.15) is 34.8 Å². The summed E-state index contributed by atoms with van der Waals surface area (Å²) in [7, 11) is 0. The van der Waals surface area contributed by atoms with E-state index in [2.05, 4.69) is 21.1 Å². The summed E-state index contributed by atoms with van der Waals surface area (Å²) in [5.41, 5.74) is 3.37. The third-order valence-electron chi connectivity index (χ3n) is 6.83. The average Bonchev–Trinajstić information content (AvgIpc) is 3.42. The molecule has 0 bridgehead atoms. The summed E-state index contributed by atoms with van der Waals surface area (Å²) in [6.45, 7) is 3.68. The molecule has 0 aliphatic carbocycles. The molecule has 1 aliphatic heterocycles. The Balaban J connectivity index is 1.26. The summed E-state index contributed by atoms with van der Waals surface area (Å²) in [6, 6.07) is 32.3. The minimum atomic E-state index is -0.527. The van der Waals surface area contributed by atoms with E-state index < -0.39 is 17.1 Å². The van der Waals surface area contributed by atoms with Crippen LogP contribution < -0.4 is 21.0 Å². The van der Waals surface area contributed by atoms with Gasteiger partial charge in [0, 0.05) is 16.1 Å². The number of benzene rings is 4. The van der Waals surface area contributed by atoms with Gasteiger partial charge in [-0.25, -0.2) is 0 Å². The van der Waals surface area contributed by atoms with E-state index >= 15 is 0 Å². The number of carbonyl (C=O) groups is 4. The number of anilines is 2. The highest BCUT2D eigenvalue weighted by molar-refractivity contribution is 8.00. The zero-order chi connectivity index (χ0) is 31.8. The lowest BCUT2D eigenvalue weighted by atomic mass is 10.1. The van der Waals surface area contributed by atoms with Gasteiger partial charge in [0.05, 0.1) is 17.4 Å². The zero-order valence-corrected chi connectivity index (χ0v) is 25.5. The molecule has 1 atom stereocenters. The summed E-state index contributed by atoms with van der Waals surface area (Å²) in [4.78, 5) is 52.6. The number of nitrogens with zero attached hydrogens (tertiary/aromatic N) is 2. The number of amidine groups is 1. The van der Waals surface area contributed by atoms with Gasteiger partial charge in [-0.1, -0.05) is 66.7 Å². The monoisotopic (exact) mass is 617 g/mol. The van der Waals surface area contributed by atoms with E-state index in [4.69, 9.17) is 0 Å². The Morgan fingerprint density at radius 2 is 1.56 bits per heavy atom. The lowest BCUT2D eigenvalue weighted by Crippen LogP contribution is -2.35. The molecular weight excluding hydrogens is 586 g/mol. The quantitative estimate of drug-likeness (QED) is 0.163. The van der Waals surface area contributed by atoms with Crippen molar-refractivity contribution in [3.8, 4) is 0 Å². The molecule has 0 aromatic heterocycles. The number of nitrogens with one attached hydrogen (secondary N) is 3. The lowest BCUT2D eigenvalue weighted by Gasteiger charge is -2.14. The predicted octanol–water partition coefficient (Wildman–Crippen LogP) is 5.75. The standard InChI is InChI=1S/C35H31N5O4S/c1-23-12-9-10-15-26(23)20-30(37-34(43)25-13-5-3-6-14-25)35(44)36-27-16-11-19-29(21-27)45-24(2)33(42)38-31-22-32(41)40(39-31)28-17-7-4-8-18-28/h3-21,24H,22H2,1-2H3,(H,36,44)(H,37,43)(H,38,39,42)/b30-20-.